The van der Waals surface area contributed by atoms with Gasteiger partial charge in [0.15, 0.2) is 24.0 Å². The summed E-state index contributed by atoms with van der Waals surface area (Å²) in [6, 6.07) is 13.6. The van der Waals surface area contributed by atoms with E-state index in [0.29, 0.717) is 12.2 Å². The van der Waals surface area contributed by atoms with Gasteiger partial charge in [-0.2, -0.15) is 4.98 Å². The molecule has 3 N–H and O–H groups in total. The molecule has 0 saturated carbocycles. The maximum absolute atomic E-state index is 11.4. The summed E-state index contributed by atoms with van der Waals surface area (Å²) in [5, 5.41) is 31.9. The number of halogens is 3. The standard InChI is InChI=1S/C18H14ClIN2O4.C8H7ClO3/c1-10(23)13-5-6-14(17(19)18(13)24)25-9-16-21-15(22-26-16)8-11-3-2-4-12(20)7-11;1-4(10)5-2-3-6(11)7(9)8(5)12/h2-7,24H,8-9H2,1H3;2-3,11-12H,1H3. The molecule has 4 aromatic rings. The average Bonchev–Trinajstić information content (AvgIpc) is 3.30. The van der Waals surface area contributed by atoms with Gasteiger partial charge in [-0.1, -0.05) is 40.5 Å². The number of Topliss-reactive ketones (excluding diaryl/α,β-unsaturated/α-hetero) is 2. The van der Waals surface area contributed by atoms with E-state index >= 15 is 0 Å². The summed E-state index contributed by atoms with van der Waals surface area (Å²) in [6.07, 6.45) is 0.551. The van der Waals surface area contributed by atoms with Crippen molar-refractivity contribution in [1.82, 2.24) is 10.1 Å². The molecule has 12 heteroatoms. The molecule has 1 aromatic heterocycles. The third kappa shape index (κ3) is 7.36. The Morgan fingerprint density at radius 3 is 2.21 bits per heavy atom. The molecule has 0 aliphatic carbocycles. The van der Waals surface area contributed by atoms with Crippen molar-refractivity contribution in [2.24, 2.45) is 0 Å². The van der Waals surface area contributed by atoms with Crippen molar-refractivity contribution in [1.29, 1.82) is 0 Å². The first-order valence-corrected chi connectivity index (χ1v) is 12.7. The first-order chi connectivity index (χ1) is 18.0. The Bertz CT molecular complexity index is 1490. The fraction of sp³-hybridized carbons (Fsp3) is 0.154. The maximum Gasteiger partial charge on any atom is 0.264 e. The van der Waals surface area contributed by atoms with E-state index in [1.165, 1.54) is 38.1 Å². The molecule has 0 radical (unpaired) electrons. The van der Waals surface area contributed by atoms with Crippen molar-refractivity contribution < 1.29 is 34.2 Å². The molecule has 0 fully saturated rings. The second-order valence-electron chi connectivity index (χ2n) is 7.88. The van der Waals surface area contributed by atoms with Gasteiger partial charge in [0.2, 0.25) is 0 Å². The molecule has 0 saturated heterocycles. The molecule has 0 spiro atoms. The van der Waals surface area contributed by atoms with Crippen molar-refractivity contribution in [3.8, 4) is 23.0 Å². The van der Waals surface area contributed by atoms with Gasteiger partial charge in [0.05, 0.1) is 11.1 Å². The first-order valence-electron chi connectivity index (χ1n) is 10.9. The minimum atomic E-state index is -0.371. The van der Waals surface area contributed by atoms with Crippen LogP contribution in [0, 0.1) is 3.57 Å². The molecule has 0 aliphatic heterocycles. The topological polar surface area (TPSA) is 143 Å². The van der Waals surface area contributed by atoms with Crippen molar-refractivity contribution in [2.45, 2.75) is 26.9 Å². The van der Waals surface area contributed by atoms with E-state index in [0.717, 1.165) is 9.13 Å². The normalized spacial score (nSPS) is 10.4. The summed E-state index contributed by atoms with van der Waals surface area (Å²) in [6.45, 7) is 2.65. The number of carbonyl (C=O) groups is 2. The zero-order valence-electron chi connectivity index (χ0n) is 20.0. The van der Waals surface area contributed by atoms with Crippen molar-refractivity contribution in [3.63, 3.8) is 0 Å². The highest BCUT2D eigenvalue weighted by Crippen LogP contribution is 2.37. The molecule has 0 atom stereocenters. The number of phenols is 3. The average molecular weight is 671 g/mol. The fourth-order valence-electron chi connectivity index (χ4n) is 3.17. The Hall–Kier alpha value is -3.35. The van der Waals surface area contributed by atoms with Gasteiger partial charge in [-0.25, -0.2) is 0 Å². The Morgan fingerprint density at radius 1 is 0.947 bits per heavy atom. The van der Waals surface area contributed by atoms with Crippen molar-refractivity contribution in [3.05, 3.63) is 90.6 Å². The van der Waals surface area contributed by atoms with Gasteiger partial charge in [-0.05, 0) is 78.4 Å². The molecule has 38 heavy (non-hydrogen) atoms. The summed E-state index contributed by atoms with van der Waals surface area (Å²) in [7, 11) is 0. The molecule has 9 nitrogen and oxygen atoms in total. The summed E-state index contributed by atoms with van der Waals surface area (Å²) in [5.74, 6) is -0.429. The van der Waals surface area contributed by atoms with Gasteiger partial charge in [0, 0.05) is 9.99 Å². The molecule has 1 heterocycles. The number of nitrogens with zero attached hydrogens (tertiary/aromatic N) is 2. The van der Waals surface area contributed by atoms with Crippen LogP contribution < -0.4 is 4.74 Å². The first kappa shape index (κ1) is 29.2. The predicted octanol–water partition coefficient (Wildman–Crippen LogP) is 6.36. The van der Waals surface area contributed by atoms with Crippen LogP contribution >= 0.6 is 45.8 Å². The van der Waals surface area contributed by atoms with Crippen LogP contribution in [-0.4, -0.2) is 37.0 Å². The number of aromatic hydroxyl groups is 3. The third-order valence-electron chi connectivity index (χ3n) is 5.05. The highest BCUT2D eigenvalue weighted by atomic mass is 127. The lowest BCUT2D eigenvalue weighted by atomic mass is 10.1. The Balaban J connectivity index is 0.000000279. The zero-order chi connectivity index (χ0) is 28.0. The summed E-state index contributed by atoms with van der Waals surface area (Å²) in [4.78, 5) is 26.5. The van der Waals surface area contributed by atoms with Crippen LogP contribution in [0.15, 0.2) is 53.1 Å². The van der Waals surface area contributed by atoms with Crippen LogP contribution in [-0.2, 0) is 13.0 Å². The molecule has 0 unspecified atom stereocenters. The monoisotopic (exact) mass is 670 g/mol. The maximum atomic E-state index is 11.4. The Morgan fingerprint density at radius 2 is 1.58 bits per heavy atom. The number of aromatic nitrogens is 2. The van der Waals surface area contributed by atoms with Gasteiger partial charge in [0.25, 0.3) is 5.89 Å². The molecule has 198 valence electrons. The van der Waals surface area contributed by atoms with Crippen LogP contribution in [0.4, 0.5) is 0 Å². The van der Waals surface area contributed by atoms with Crippen LogP contribution in [0.1, 0.15) is 51.8 Å². The molecule has 3 aromatic carbocycles. The van der Waals surface area contributed by atoms with Gasteiger partial charge in [-0.15, -0.1) is 0 Å². The smallest absolute Gasteiger partial charge is 0.264 e. The number of rotatable bonds is 7. The minimum Gasteiger partial charge on any atom is -0.506 e. The molecular weight excluding hydrogens is 650 g/mol. The van der Waals surface area contributed by atoms with Crippen LogP contribution in [0.5, 0.6) is 23.0 Å². The van der Waals surface area contributed by atoms with E-state index in [9.17, 15) is 19.8 Å². The molecule has 4 rings (SSSR count). The Labute approximate surface area is 241 Å². The summed E-state index contributed by atoms with van der Waals surface area (Å²) < 4.78 is 11.8. The van der Waals surface area contributed by atoms with Crippen LogP contribution in [0.3, 0.4) is 0 Å². The van der Waals surface area contributed by atoms with Crippen molar-refractivity contribution >= 4 is 57.4 Å². The SMILES string of the molecule is CC(=O)c1ccc(O)c(Cl)c1O.CC(=O)c1ccc(OCc2nc(Cc3cccc(I)c3)no2)c(Cl)c1O. The minimum absolute atomic E-state index is 0.00208. The van der Waals surface area contributed by atoms with E-state index < -0.39 is 0 Å². The lowest BCUT2D eigenvalue weighted by Crippen LogP contribution is -1.99. The van der Waals surface area contributed by atoms with Crippen LogP contribution in [0.25, 0.3) is 0 Å². The highest BCUT2D eigenvalue weighted by Gasteiger charge is 2.16. The van der Waals surface area contributed by atoms with E-state index in [4.69, 9.17) is 37.6 Å². The molecule has 0 bridgehead atoms. The molecular formula is C26H21Cl2IN2O7. The predicted molar refractivity (Wildman–Crippen MR) is 149 cm³/mol. The van der Waals surface area contributed by atoms with Gasteiger partial charge in [-0.3, -0.25) is 9.59 Å². The number of phenolic OH excluding ortho intramolecular Hbond substituents is 3. The van der Waals surface area contributed by atoms with Gasteiger partial charge in [0.1, 0.15) is 33.0 Å². The quantitative estimate of drug-likeness (QED) is 0.151. The number of ether oxygens (including phenoxy) is 1. The fourth-order valence-corrected chi connectivity index (χ4v) is 4.16. The van der Waals surface area contributed by atoms with E-state index in [1.807, 2.05) is 24.3 Å². The van der Waals surface area contributed by atoms with Crippen molar-refractivity contribution in [2.75, 3.05) is 0 Å². The number of ketones is 2. The number of hydrogen-bond donors (Lipinski definition) is 3. The number of benzene rings is 3. The third-order valence-corrected chi connectivity index (χ3v) is 6.46. The second-order valence-corrected chi connectivity index (χ2v) is 9.88. The summed E-state index contributed by atoms with van der Waals surface area (Å²) >= 11 is 13.8. The lowest BCUT2D eigenvalue weighted by molar-refractivity contribution is 0.100. The zero-order valence-corrected chi connectivity index (χ0v) is 23.7. The summed E-state index contributed by atoms with van der Waals surface area (Å²) in [5.41, 5.74) is 1.33. The second kappa shape index (κ2) is 12.9. The number of hydrogen-bond acceptors (Lipinski definition) is 9. The van der Waals surface area contributed by atoms with E-state index in [2.05, 4.69) is 32.7 Å². The Kier molecular flexibility index (Phi) is 9.95. The van der Waals surface area contributed by atoms with Gasteiger partial charge >= 0.3 is 0 Å². The largest absolute Gasteiger partial charge is 0.506 e. The van der Waals surface area contributed by atoms with Gasteiger partial charge < -0.3 is 24.6 Å². The van der Waals surface area contributed by atoms with E-state index in [1.54, 1.807) is 0 Å². The van der Waals surface area contributed by atoms with Crippen LogP contribution in [0.2, 0.25) is 10.0 Å². The molecule has 0 aliphatic rings. The van der Waals surface area contributed by atoms with E-state index in [-0.39, 0.29) is 68.2 Å². The lowest BCUT2D eigenvalue weighted by Gasteiger charge is -2.09. The number of carbonyl (C=O) groups excluding carboxylic acids is 2. The highest BCUT2D eigenvalue weighted by molar-refractivity contribution is 14.1. The molecule has 0 amide bonds.